The quantitative estimate of drug-likeness (QED) is 0.515. The van der Waals surface area contributed by atoms with Gasteiger partial charge in [-0.2, -0.15) is 0 Å². The number of sulfonamides is 1. The van der Waals surface area contributed by atoms with Gasteiger partial charge < -0.3 is 5.32 Å². The number of amides is 1. The Morgan fingerprint density at radius 3 is 2.32 bits per heavy atom. The molecule has 8 heteroatoms. The Hall–Kier alpha value is -2.84. The van der Waals surface area contributed by atoms with E-state index in [0.717, 1.165) is 10.6 Å². The number of hydrogen-bond donors (Lipinski definition) is 2. The smallest absolute Gasteiger partial charge is 0.261 e. The summed E-state index contributed by atoms with van der Waals surface area (Å²) in [7, 11) is -3.75. The second kappa shape index (κ2) is 9.53. The number of thioether (sulfide) groups is 1. The van der Waals surface area contributed by atoms with Gasteiger partial charge in [0, 0.05) is 28.1 Å². The maximum absolute atomic E-state index is 12.8. The summed E-state index contributed by atoms with van der Waals surface area (Å²) in [6.45, 7) is 0. The van der Waals surface area contributed by atoms with Gasteiger partial charge in [-0.1, -0.05) is 25.0 Å². The molecule has 6 nitrogen and oxygen atoms in total. The van der Waals surface area contributed by atoms with E-state index in [4.69, 9.17) is 0 Å². The van der Waals surface area contributed by atoms with E-state index in [0.29, 0.717) is 16.5 Å². The highest BCUT2D eigenvalue weighted by Gasteiger charge is 2.19. The van der Waals surface area contributed by atoms with E-state index in [1.54, 1.807) is 12.1 Å². The number of aromatic nitrogens is 1. The number of anilines is 2. The molecule has 1 aromatic heterocycles. The molecule has 3 aromatic rings. The molecule has 31 heavy (non-hydrogen) atoms. The monoisotopic (exact) mass is 453 g/mol. The van der Waals surface area contributed by atoms with Crippen molar-refractivity contribution in [1.29, 1.82) is 0 Å². The molecule has 0 aliphatic heterocycles. The van der Waals surface area contributed by atoms with E-state index >= 15 is 0 Å². The third-order valence-electron chi connectivity index (χ3n) is 5.09. The Balaban J connectivity index is 1.45. The van der Waals surface area contributed by atoms with Crippen LogP contribution in [0.1, 0.15) is 36.0 Å². The van der Waals surface area contributed by atoms with Crippen LogP contribution in [-0.2, 0) is 10.0 Å². The van der Waals surface area contributed by atoms with Gasteiger partial charge in [-0.25, -0.2) is 8.42 Å². The molecule has 4 rings (SSSR count). The number of nitrogens with one attached hydrogen (secondary N) is 2. The summed E-state index contributed by atoms with van der Waals surface area (Å²) >= 11 is 1.81. The number of para-hydroxylation sites is 1. The Bertz CT molecular complexity index is 1140. The molecule has 1 saturated carbocycles. The highest BCUT2D eigenvalue weighted by Crippen LogP contribution is 2.38. The minimum absolute atomic E-state index is 0.0815. The van der Waals surface area contributed by atoms with Crippen LogP contribution in [0.15, 0.2) is 82.8 Å². The standard InChI is InChI=1S/C23H23N3O3S2/c27-23(25-21-7-3-4-8-22(21)30-19-5-1-2-6-19)17-9-11-20(12-10-17)31(28,29)26-18-13-15-24-16-14-18/h3-4,7-16,19H,1-2,5-6H2,(H,24,26)(H,25,27). The molecule has 0 spiro atoms. The molecule has 0 atom stereocenters. The Morgan fingerprint density at radius 1 is 0.935 bits per heavy atom. The topological polar surface area (TPSA) is 88.2 Å². The number of carbonyl (C=O) groups excluding carboxylic acids is 1. The van der Waals surface area contributed by atoms with E-state index in [1.807, 2.05) is 36.0 Å². The lowest BCUT2D eigenvalue weighted by Crippen LogP contribution is -2.15. The molecule has 2 aromatic carbocycles. The molecule has 1 fully saturated rings. The fraction of sp³-hybridized carbons (Fsp3) is 0.217. The van der Waals surface area contributed by atoms with Crippen molar-refractivity contribution in [3.8, 4) is 0 Å². The maximum Gasteiger partial charge on any atom is 0.261 e. The zero-order valence-electron chi connectivity index (χ0n) is 16.8. The van der Waals surface area contributed by atoms with Gasteiger partial charge in [-0.05, 0) is 61.4 Å². The van der Waals surface area contributed by atoms with Crippen molar-refractivity contribution in [3.05, 3.63) is 78.6 Å². The molecule has 0 unspecified atom stereocenters. The van der Waals surface area contributed by atoms with E-state index in [9.17, 15) is 13.2 Å². The third kappa shape index (κ3) is 5.45. The predicted molar refractivity (Wildman–Crippen MR) is 124 cm³/mol. The summed E-state index contributed by atoms with van der Waals surface area (Å²) < 4.78 is 27.6. The van der Waals surface area contributed by atoms with Crippen molar-refractivity contribution in [2.75, 3.05) is 10.0 Å². The molecule has 1 aliphatic rings. The lowest BCUT2D eigenvalue weighted by atomic mass is 10.2. The second-order valence-corrected chi connectivity index (χ2v) is 10.4. The Kier molecular flexibility index (Phi) is 6.58. The first-order valence-electron chi connectivity index (χ1n) is 10.1. The molecule has 1 heterocycles. The number of rotatable bonds is 7. The first-order chi connectivity index (χ1) is 15.0. The summed E-state index contributed by atoms with van der Waals surface area (Å²) in [5.41, 5.74) is 1.59. The van der Waals surface area contributed by atoms with Crippen LogP contribution in [0.25, 0.3) is 0 Å². The summed E-state index contributed by atoms with van der Waals surface area (Å²) in [6.07, 6.45) is 7.95. The van der Waals surface area contributed by atoms with E-state index < -0.39 is 10.0 Å². The van der Waals surface area contributed by atoms with Crippen molar-refractivity contribution in [3.63, 3.8) is 0 Å². The van der Waals surface area contributed by atoms with Crippen LogP contribution in [0.3, 0.4) is 0 Å². The van der Waals surface area contributed by atoms with Crippen LogP contribution in [0.4, 0.5) is 11.4 Å². The van der Waals surface area contributed by atoms with Gasteiger partial charge in [0.15, 0.2) is 0 Å². The van der Waals surface area contributed by atoms with Gasteiger partial charge in [0.05, 0.1) is 16.3 Å². The van der Waals surface area contributed by atoms with Crippen molar-refractivity contribution < 1.29 is 13.2 Å². The summed E-state index contributed by atoms with van der Waals surface area (Å²) in [6, 6.07) is 16.8. The first-order valence-corrected chi connectivity index (χ1v) is 12.5. The SMILES string of the molecule is O=C(Nc1ccccc1SC1CCCC1)c1ccc(S(=O)(=O)Nc2ccncc2)cc1. The van der Waals surface area contributed by atoms with Crippen molar-refractivity contribution in [2.45, 2.75) is 40.7 Å². The van der Waals surface area contributed by atoms with Crippen LogP contribution < -0.4 is 10.0 Å². The van der Waals surface area contributed by atoms with Crippen LogP contribution >= 0.6 is 11.8 Å². The average Bonchev–Trinajstić information content (AvgIpc) is 3.29. The summed E-state index contributed by atoms with van der Waals surface area (Å²) in [5, 5.41) is 3.56. The lowest BCUT2D eigenvalue weighted by Gasteiger charge is -2.14. The highest BCUT2D eigenvalue weighted by molar-refractivity contribution is 8.00. The molecule has 0 radical (unpaired) electrons. The third-order valence-corrected chi connectivity index (χ3v) is 7.90. The van der Waals surface area contributed by atoms with E-state index in [1.165, 1.54) is 62.3 Å². The van der Waals surface area contributed by atoms with Crippen molar-refractivity contribution in [2.24, 2.45) is 0 Å². The van der Waals surface area contributed by atoms with E-state index in [2.05, 4.69) is 15.0 Å². The zero-order chi connectivity index (χ0) is 21.7. The molecule has 160 valence electrons. The minimum atomic E-state index is -3.75. The number of carbonyl (C=O) groups is 1. The number of pyridine rings is 1. The average molecular weight is 454 g/mol. The van der Waals surface area contributed by atoms with Crippen LogP contribution in [-0.4, -0.2) is 24.6 Å². The fourth-order valence-electron chi connectivity index (χ4n) is 3.47. The van der Waals surface area contributed by atoms with Gasteiger partial charge in [0.25, 0.3) is 15.9 Å². The number of benzene rings is 2. The Labute approximate surface area is 186 Å². The van der Waals surface area contributed by atoms with Crippen LogP contribution in [0.5, 0.6) is 0 Å². The van der Waals surface area contributed by atoms with Crippen molar-refractivity contribution in [1.82, 2.24) is 4.98 Å². The molecule has 2 N–H and O–H groups in total. The zero-order valence-corrected chi connectivity index (χ0v) is 18.5. The Morgan fingerprint density at radius 2 is 1.61 bits per heavy atom. The molecule has 0 bridgehead atoms. The lowest BCUT2D eigenvalue weighted by molar-refractivity contribution is 0.102. The fourth-order valence-corrected chi connectivity index (χ4v) is 5.86. The van der Waals surface area contributed by atoms with Gasteiger partial charge in [0.1, 0.15) is 0 Å². The molecule has 1 aliphatic carbocycles. The van der Waals surface area contributed by atoms with Crippen LogP contribution in [0, 0.1) is 0 Å². The first kappa shape index (κ1) is 21.4. The predicted octanol–water partition coefficient (Wildman–Crippen LogP) is 5.17. The molecular weight excluding hydrogens is 430 g/mol. The minimum Gasteiger partial charge on any atom is -0.321 e. The molecule has 1 amide bonds. The van der Waals surface area contributed by atoms with Gasteiger partial charge in [0.2, 0.25) is 0 Å². The van der Waals surface area contributed by atoms with E-state index in [-0.39, 0.29) is 10.8 Å². The van der Waals surface area contributed by atoms with Crippen molar-refractivity contribution >= 4 is 39.1 Å². The largest absolute Gasteiger partial charge is 0.321 e. The maximum atomic E-state index is 12.8. The highest BCUT2D eigenvalue weighted by atomic mass is 32.2. The van der Waals surface area contributed by atoms with Gasteiger partial charge >= 0.3 is 0 Å². The molecule has 0 saturated heterocycles. The summed E-state index contributed by atoms with van der Waals surface area (Å²) in [5.74, 6) is -0.273. The van der Waals surface area contributed by atoms with Gasteiger partial charge in [-0.15, -0.1) is 11.8 Å². The second-order valence-electron chi connectivity index (χ2n) is 7.34. The molecular formula is C23H23N3O3S2. The normalized spacial score (nSPS) is 14.3. The summed E-state index contributed by atoms with van der Waals surface area (Å²) in [4.78, 5) is 17.8. The number of nitrogens with zero attached hydrogens (tertiary/aromatic N) is 1. The van der Waals surface area contributed by atoms with Crippen LogP contribution in [0.2, 0.25) is 0 Å². The van der Waals surface area contributed by atoms with Gasteiger partial charge in [-0.3, -0.25) is 14.5 Å². The number of hydrogen-bond acceptors (Lipinski definition) is 5.